The van der Waals surface area contributed by atoms with Gasteiger partial charge in [0.05, 0.1) is 23.3 Å². The van der Waals surface area contributed by atoms with Gasteiger partial charge in [0.25, 0.3) is 11.6 Å². The number of carbonyl (C=O) groups excluding carboxylic acids is 1. The van der Waals surface area contributed by atoms with E-state index in [0.29, 0.717) is 34.9 Å². The van der Waals surface area contributed by atoms with Gasteiger partial charge >= 0.3 is 0 Å². The van der Waals surface area contributed by atoms with Crippen LogP contribution in [0, 0.1) is 10.1 Å². The van der Waals surface area contributed by atoms with Crippen LogP contribution in [0.15, 0.2) is 120 Å². The van der Waals surface area contributed by atoms with E-state index in [9.17, 15) is 14.9 Å². The number of hydrazone groups is 1. The Morgan fingerprint density at radius 1 is 0.976 bits per heavy atom. The van der Waals surface area contributed by atoms with Gasteiger partial charge in [-0.15, -0.1) is 6.58 Å². The Morgan fingerprint density at radius 3 is 2.29 bits per heavy atom. The van der Waals surface area contributed by atoms with Gasteiger partial charge in [0.15, 0.2) is 11.5 Å². The number of ether oxygens (including phenoxy) is 2. The van der Waals surface area contributed by atoms with Gasteiger partial charge in [-0.2, -0.15) is 10.1 Å². The molecule has 1 aliphatic heterocycles. The largest absolute Gasteiger partial charge is 0.493 e. The van der Waals surface area contributed by atoms with E-state index in [1.54, 1.807) is 25.3 Å². The molecule has 0 atom stereocenters. The molecule has 1 heterocycles. The van der Waals surface area contributed by atoms with Crippen molar-refractivity contribution >= 4 is 29.1 Å². The Labute approximate surface area is 237 Å². The second-order valence-electron chi connectivity index (χ2n) is 9.24. The predicted molar refractivity (Wildman–Crippen MR) is 159 cm³/mol. The number of anilines is 1. The van der Waals surface area contributed by atoms with Crippen LogP contribution in [0.2, 0.25) is 0 Å². The van der Waals surface area contributed by atoms with Gasteiger partial charge in [-0.05, 0) is 60.0 Å². The molecule has 0 spiro atoms. The lowest BCUT2D eigenvalue weighted by molar-refractivity contribution is -0.384. The van der Waals surface area contributed by atoms with E-state index in [1.807, 2.05) is 78.9 Å². The fourth-order valence-corrected chi connectivity index (χ4v) is 4.52. The van der Waals surface area contributed by atoms with E-state index < -0.39 is 4.92 Å². The number of amides is 1. The molecular formula is C33H27N3O5. The van der Waals surface area contributed by atoms with Gasteiger partial charge in [0, 0.05) is 23.3 Å². The van der Waals surface area contributed by atoms with Gasteiger partial charge in [-0.25, -0.2) is 0 Å². The minimum absolute atomic E-state index is 0.0155. The third-order valence-electron chi connectivity index (χ3n) is 6.51. The second kappa shape index (κ2) is 12.1. The van der Waals surface area contributed by atoms with Gasteiger partial charge in [0.2, 0.25) is 0 Å². The van der Waals surface area contributed by atoms with Crippen molar-refractivity contribution in [3.63, 3.8) is 0 Å². The number of non-ortho nitro benzene ring substituents is 1. The van der Waals surface area contributed by atoms with Crippen LogP contribution in [0.4, 0.5) is 11.4 Å². The first-order chi connectivity index (χ1) is 20.0. The number of para-hydroxylation sites is 1. The van der Waals surface area contributed by atoms with Crippen molar-refractivity contribution in [2.75, 3.05) is 12.1 Å². The number of rotatable bonds is 10. The molecular weight excluding hydrogens is 518 g/mol. The number of nitro benzene ring substituents is 1. The number of benzene rings is 4. The average Bonchev–Trinajstić information content (AvgIpc) is 3.33. The summed E-state index contributed by atoms with van der Waals surface area (Å²) in [4.78, 5) is 24.2. The highest BCUT2D eigenvalue weighted by Gasteiger charge is 2.32. The lowest BCUT2D eigenvalue weighted by atomic mass is 9.98. The maximum Gasteiger partial charge on any atom is 0.281 e. The molecule has 0 saturated heterocycles. The van der Waals surface area contributed by atoms with Crippen LogP contribution < -0.4 is 14.5 Å². The fourth-order valence-electron chi connectivity index (χ4n) is 4.52. The second-order valence-corrected chi connectivity index (χ2v) is 9.24. The Hall–Kier alpha value is -5.50. The van der Waals surface area contributed by atoms with Gasteiger partial charge in [-0.3, -0.25) is 14.9 Å². The summed E-state index contributed by atoms with van der Waals surface area (Å²) in [6, 6.07) is 28.8. The minimum Gasteiger partial charge on any atom is -0.493 e. The number of methoxy groups -OCH3 is 1. The smallest absolute Gasteiger partial charge is 0.281 e. The molecule has 0 N–H and O–H groups in total. The molecule has 41 heavy (non-hydrogen) atoms. The quantitative estimate of drug-likeness (QED) is 0.0951. The predicted octanol–water partition coefficient (Wildman–Crippen LogP) is 6.75. The van der Waals surface area contributed by atoms with Crippen LogP contribution in [-0.2, 0) is 17.8 Å². The maximum absolute atomic E-state index is 13.7. The summed E-state index contributed by atoms with van der Waals surface area (Å²) in [5.74, 6) is 0.785. The van der Waals surface area contributed by atoms with E-state index in [-0.39, 0.29) is 18.2 Å². The third kappa shape index (κ3) is 5.91. The van der Waals surface area contributed by atoms with Crippen molar-refractivity contribution in [2.24, 2.45) is 5.10 Å². The Kier molecular flexibility index (Phi) is 8.01. The molecule has 8 heteroatoms. The highest BCUT2D eigenvalue weighted by Crippen LogP contribution is 2.36. The molecule has 0 radical (unpaired) electrons. The number of nitro groups is 1. The first-order valence-electron chi connectivity index (χ1n) is 12.9. The molecule has 8 nitrogen and oxygen atoms in total. The molecule has 4 aromatic carbocycles. The topological polar surface area (TPSA) is 94.3 Å². The Bertz CT molecular complexity index is 1650. The van der Waals surface area contributed by atoms with Crippen LogP contribution in [0.25, 0.3) is 6.08 Å². The zero-order valence-electron chi connectivity index (χ0n) is 22.4. The lowest BCUT2D eigenvalue weighted by Crippen LogP contribution is -2.21. The minimum atomic E-state index is -0.439. The van der Waals surface area contributed by atoms with E-state index in [4.69, 9.17) is 14.6 Å². The van der Waals surface area contributed by atoms with Crippen molar-refractivity contribution < 1.29 is 19.2 Å². The maximum atomic E-state index is 13.7. The molecule has 0 aromatic heterocycles. The van der Waals surface area contributed by atoms with Gasteiger partial charge < -0.3 is 9.47 Å². The standard InChI is InChI=1S/C33H27N3O5/c1-3-10-26-19-24(21-30(40-2)32(26)41-22-23-15-17-28(18-16-23)36(38)39)20-29-31(25-11-6-4-7-12-25)34-35(33(29)37)27-13-8-5-9-14-27/h3-9,11-21H,1,10,22H2,2H3/b29-20-. The molecule has 4 aromatic rings. The van der Waals surface area contributed by atoms with Crippen LogP contribution in [-0.4, -0.2) is 23.7 Å². The van der Waals surface area contributed by atoms with Crippen LogP contribution in [0.1, 0.15) is 22.3 Å². The van der Waals surface area contributed by atoms with E-state index in [2.05, 4.69) is 6.58 Å². The monoisotopic (exact) mass is 545 g/mol. The lowest BCUT2D eigenvalue weighted by Gasteiger charge is -2.16. The molecule has 0 bridgehead atoms. The first-order valence-corrected chi connectivity index (χ1v) is 12.9. The molecule has 5 rings (SSSR count). The summed E-state index contributed by atoms with van der Waals surface area (Å²) in [7, 11) is 1.55. The average molecular weight is 546 g/mol. The summed E-state index contributed by atoms with van der Waals surface area (Å²) < 4.78 is 11.8. The summed E-state index contributed by atoms with van der Waals surface area (Å²) in [6.45, 7) is 4.07. The molecule has 0 fully saturated rings. The van der Waals surface area contributed by atoms with Crippen molar-refractivity contribution in [1.29, 1.82) is 0 Å². The highest BCUT2D eigenvalue weighted by atomic mass is 16.6. The molecule has 0 saturated carbocycles. The highest BCUT2D eigenvalue weighted by molar-refractivity contribution is 6.37. The Morgan fingerprint density at radius 2 is 1.66 bits per heavy atom. The molecule has 0 unspecified atom stereocenters. The number of allylic oxidation sites excluding steroid dienone is 1. The summed E-state index contributed by atoms with van der Waals surface area (Å²) in [6.07, 6.45) is 4.07. The van der Waals surface area contributed by atoms with Crippen LogP contribution in [0.3, 0.4) is 0 Å². The van der Waals surface area contributed by atoms with Gasteiger partial charge in [0.1, 0.15) is 12.3 Å². The molecule has 204 valence electrons. The van der Waals surface area contributed by atoms with Crippen LogP contribution >= 0.6 is 0 Å². The van der Waals surface area contributed by atoms with Crippen molar-refractivity contribution in [3.05, 3.63) is 148 Å². The summed E-state index contributed by atoms with van der Waals surface area (Å²) in [5, 5.41) is 17.1. The van der Waals surface area contributed by atoms with E-state index in [0.717, 1.165) is 22.3 Å². The summed E-state index contributed by atoms with van der Waals surface area (Å²) in [5.41, 5.74) is 4.87. The van der Waals surface area contributed by atoms with Gasteiger partial charge in [-0.1, -0.05) is 54.6 Å². The summed E-state index contributed by atoms with van der Waals surface area (Å²) >= 11 is 0. The van der Waals surface area contributed by atoms with Crippen LogP contribution in [0.5, 0.6) is 11.5 Å². The number of hydrogen-bond donors (Lipinski definition) is 0. The SMILES string of the molecule is C=CCc1cc(/C=C2\C(=O)N(c3ccccc3)N=C2c2ccccc2)cc(OC)c1OCc1ccc([N+](=O)[O-])cc1. The zero-order valence-corrected chi connectivity index (χ0v) is 22.4. The van der Waals surface area contributed by atoms with E-state index in [1.165, 1.54) is 17.1 Å². The van der Waals surface area contributed by atoms with Crippen molar-refractivity contribution in [3.8, 4) is 11.5 Å². The van der Waals surface area contributed by atoms with E-state index >= 15 is 0 Å². The number of hydrogen-bond acceptors (Lipinski definition) is 6. The third-order valence-corrected chi connectivity index (χ3v) is 6.51. The first kappa shape index (κ1) is 27.1. The number of carbonyl (C=O) groups is 1. The Balaban J connectivity index is 1.51. The fraction of sp³-hybridized carbons (Fsp3) is 0.0909. The molecule has 1 aliphatic rings. The molecule has 1 amide bonds. The zero-order chi connectivity index (χ0) is 28.8. The van der Waals surface area contributed by atoms with Crippen molar-refractivity contribution in [1.82, 2.24) is 0 Å². The number of nitrogens with zero attached hydrogens (tertiary/aromatic N) is 3. The molecule has 0 aliphatic carbocycles. The normalized spacial score (nSPS) is 13.7. The van der Waals surface area contributed by atoms with Crippen molar-refractivity contribution in [2.45, 2.75) is 13.0 Å².